The summed E-state index contributed by atoms with van der Waals surface area (Å²) < 4.78 is 5.59. The van der Waals surface area contributed by atoms with Gasteiger partial charge in [0, 0.05) is 19.6 Å². The zero-order valence-corrected chi connectivity index (χ0v) is 12.3. The van der Waals surface area contributed by atoms with E-state index >= 15 is 0 Å². The number of morpholine rings is 1. The standard InChI is InChI=1S/C15H23N3O2/c1-3-8-16-14-7-5-6-13(17-14)15(19)18-9-10-20-12(4-2)11-18/h5-7,12H,3-4,8-11H2,1-2H3,(H,16,17). The molecule has 5 nitrogen and oxygen atoms in total. The number of nitrogens with one attached hydrogen (secondary N) is 1. The Morgan fingerprint density at radius 1 is 1.50 bits per heavy atom. The van der Waals surface area contributed by atoms with Crippen molar-refractivity contribution in [3.63, 3.8) is 0 Å². The maximum Gasteiger partial charge on any atom is 0.272 e. The fraction of sp³-hybridized carbons (Fsp3) is 0.600. The second-order valence-corrected chi connectivity index (χ2v) is 4.99. The predicted octanol–water partition coefficient (Wildman–Crippen LogP) is 2.15. The van der Waals surface area contributed by atoms with Crippen molar-refractivity contribution in [2.24, 2.45) is 0 Å². The van der Waals surface area contributed by atoms with Gasteiger partial charge in [-0.3, -0.25) is 4.79 Å². The Balaban J connectivity index is 2.04. The molecule has 1 amide bonds. The zero-order chi connectivity index (χ0) is 14.4. The van der Waals surface area contributed by atoms with E-state index in [1.54, 1.807) is 6.07 Å². The summed E-state index contributed by atoms with van der Waals surface area (Å²) in [6.07, 6.45) is 2.10. The molecule has 0 bridgehead atoms. The van der Waals surface area contributed by atoms with Crippen molar-refractivity contribution >= 4 is 11.7 Å². The molecule has 1 fully saturated rings. The van der Waals surface area contributed by atoms with E-state index in [4.69, 9.17) is 4.74 Å². The van der Waals surface area contributed by atoms with E-state index in [1.807, 2.05) is 17.0 Å². The third-order valence-electron chi connectivity index (χ3n) is 3.41. The minimum atomic E-state index is -0.00750. The smallest absolute Gasteiger partial charge is 0.272 e. The third-order valence-corrected chi connectivity index (χ3v) is 3.41. The van der Waals surface area contributed by atoms with Gasteiger partial charge in [-0.2, -0.15) is 0 Å². The first-order valence-corrected chi connectivity index (χ1v) is 7.36. The Morgan fingerprint density at radius 2 is 2.35 bits per heavy atom. The average molecular weight is 277 g/mol. The van der Waals surface area contributed by atoms with Crippen LogP contribution in [-0.2, 0) is 4.74 Å². The number of hydrogen-bond acceptors (Lipinski definition) is 4. The fourth-order valence-electron chi connectivity index (χ4n) is 2.22. The van der Waals surface area contributed by atoms with Crippen LogP contribution in [0.25, 0.3) is 0 Å². The van der Waals surface area contributed by atoms with E-state index in [1.165, 1.54) is 0 Å². The molecule has 2 rings (SSSR count). The van der Waals surface area contributed by atoms with E-state index in [9.17, 15) is 4.79 Å². The maximum atomic E-state index is 12.5. The number of aromatic nitrogens is 1. The van der Waals surface area contributed by atoms with Gasteiger partial charge in [-0.1, -0.05) is 19.9 Å². The number of ether oxygens (including phenoxy) is 1. The number of nitrogens with zero attached hydrogens (tertiary/aromatic N) is 2. The van der Waals surface area contributed by atoms with Gasteiger partial charge in [-0.05, 0) is 25.0 Å². The van der Waals surface area contributed by atoms with Gasteiger partial charge in [-0.15, -0.1) is 0 Å². The molecule has 0 aliphatic carbocycles. The molecule has 1 aliphatic rings. The van der Waals surface area contributed by atoms with Gasteiger partial charge in [0.25, 0.3) is 5.91 Å². The average Bonchev–Trinajstić information content (AvgIpc) is 2.52. The molecule has 1 saturated heterocycles. The molecule has 1 atom stereocenters. The highest BCUT2D eigenvalue weighted by molar-refractivity contribution is 5.92. The van der Waals surface area contributed by atoms with Crippen LogP contribution >= 0.6 is 0 Å². The van der Waals surface area contributed by atoms with Gasteiger partial charge < -0.3 is 15.0 Å². The summed E-state index contributed by atoms with van der Waals surface area (Å²) in [7, 11) is 0. The van der Waals surface area contributed by atoms with Gasteiger partial charge in [0.05, 0.1) is 12.7 Å². The van der Waals surface area contributed by atoms with Crippen LogP contribution in [0.3, 0.4) is 0 Å². The second kappa shape index (κ2) is 7.24. The quantitative estimate of drug-likeness (QED) is 0.896. The summed E-state index contributed by atoms with van der Waals surface area (Å²) in [6.45, 7) is 6.94. The summed E-state index contributed by atoms with van der Waals surface area (Å²) >= 11 is 0. The molecule has 2 heterocycles. The van der Waals surface area contributed by atoms with Crippen LogP contribution < -0.4 is 5.32 Å². The molecule has 110 valence electrons. The summed E-state index contributed by atoms with van der Waals surface area (Å²) in [5.74, 6) is 0.755. The van der Waals surface area contributed by atoms with Crippen LogP contribution in [0.2, 0.25) is 0 Å². The molecule has 20 heavy (non-hydrogen) atoms. The molecule has 1 aliphatic heterocycles. The van der Waals surface area contributed by atoms with Gasteiger partial charge in [0.2, 0.25) is 0 Å². The lowest BCUT2D eigenvalue weighted by Crippen LogP contribution is -2.45. The normalized spacial score (nSPS) is 18.9. The molecule has 0 spiro atoms. The summed E-state index contributed by atoms with van der Waals surface area (Å²) in [5.41, 5.74) is 0.503. The molecule has 1 aromatic rings. The summed E-state index contributed by atoms with van der Waals surface area (Å²) in [4.78, 5) is 18.7. The molecule has 5 heteroatoms. The van der Waals surface area contributed by atoms with Gasteiger partial charge >= 0.3 is 0 Å². The number of pyridine rings is 1. The molecule has 0 aromatic carbocycles. The zero-order valence-electron chi connectivity index (χ0n) is 12.3. The Hall–Kier alpha value is -1.62. The second-order valence-electron chi connectivity index (χ2n) is 4.99. The molecular formula is C15H23N3O2. The number of carbonyl (C=O) groups excluding carboxylic acids is 1. The molecule has 0 saturated carbocycles. The Bertz CT molecular complexity index is 450. The van der Waals surface area contributed by atoms with Crippen LogP contribution in [0.15, 0.2) is 18.2 Å². The highest BCUT2D eigenvalue weighted by Crippen LogP contribution is 2.13. The van der Waals surface area contributed by atoms with E-state index in [0.717, 1.165) is 25.2 Å². The Kier molecular flexibility index (Phi) is 5.35. The van der Waals surface area contributed by atoms with Crippen LogP contribution in [0.1, 0.15) is 37.2 Å². The van der Waals surface area contributed by atoms with Crippen molar-refractivity contribution < 1.29 is 9.53 Å². The van der Waals surface area contributed by atoms with Crippen molar-refractivity contribution in [1.82, 2.24) is 9.88 Å². The lowest BCUT2D eigenvalue weighted by Gasteiger charge is -2.32. The van der Waals surface area contributed by atoms with Crippen molar-refractivity contribution in [3.05, 3.63) is 23.9 Å². The number of amides is 1. The minimum Gasteiger partial charge on any atom is -0.375 e. The van der Waals surface area contributed by atoms with Crippen molar-refractivity contribution in [2.75, 3.05) is 31.6 Å². The minimum absolute atomic E-state index is 0.00750. The van der Waals surface area contributed by atoms with Crippen LogP contribution in [0.4, 0.5) is 5.82 Å². The van der Waals surface area contributed by atoms with Gasteiger partial charge in [-0.25, -0.2) is 4.98 Å². The lowest BCUT2D eigenvalue weighted by molar-refractivity contribution is -0.0228. The molecule has 1 aromatic heterocycles. The van der Waals surface area contributed by atoms with E-state index in [0.29, 0.717) is 25.4 Å². The third kappa shape index (κ3) is 3.70. The fourth-order valence-corrected chi connectivity index (χ4v) is 2.22. The van der Waals surface area contributed by atoms with Crippen LogP contribution in [-0.4, -0.2) is 48.1 Å². The highest BCUT2D eigenvalue weighted by Gasteiger charge is 2.24. The number of hydrogen-bond donors (Lipinski definition) is 1. The first kappa shape index (κ1) is 14.8. The lowest BCUT2D eigenvalue weighted by atomic mass is 10.2. The monoisotopic (exact) mass is 277 g/mol. The SMILES string of the molecule is CCCNc1cccc(C(=O)N2CCOC(CC)C2)n1. The molecular weight excluding hydrogens is 254 g/mol. The van der Waals surface area contributed by atoms with Gasteiger partial charge in [0.15, 0.2) is 0 Å². The first-order chi connectivity index (χ1) is 9.74. The summed E-state index contributed by atoms with van der Waals surface area (Å²) in [6, 6.07) is 5.53. The van der Waals surface area contributed by atoms with Crippen LogP contribution in [0, 0.1) is 0 Å². The highest BCUT2D eigenvalue weighted by atomic mass is 16.5. The topological polar surface area (TPSA) is 54.5 Å². The first-order valence-electron chi connectivity index (χ1n) is 7.36. The predicted molar refractivity (Wildman–Crippen MR) is 79.0 cm³/mol. The number of rotatable bonds is 5. The number of anilines is 1. The van der Waals surface area contributed by atoms with Gasteiger partial charge in [0.1, 0.15) is 11.5 Å². The van der Waals surface area contributed by atoms with E-state index in [-0.39, 0.29) is 12.0 Å². The van der Waals surface area contributed by atoms with E-state index in [2.05, 4.69) is 24.1 Å². The molecule has 1 N–H and O–H groups in total. The largest absolute Gasteiger partial charge is 0.375 e. The Morgan fingerprint density at radius 3 is 3.10 bits per heavy atom. The van der Waals surface area contributed by atoms with Crippen LogP contribution in [0.5, 0.6) is 0 Å². The molecule has 1 unspecified atom stereocenters. The van der Waals surface area contributed by atoms with Crippen molar-refractivity contribution in [3.8, 4) is 0 Å². The Labute approximate surface area is 120 Å². The van der Waals surface area contributed by atoms with Crippen molar-refractivity contribution in [1.29, 1.82) is 0 Å². The maximum absolute atomic E-state index is 12.5. The van der Waals surface area contributed by atoms with Crippen molar-refractivity contribution in [2.45, 2.75) is 32.8 Å². The van der Waals surface area contributed by atoms with E-state index < -0.39 is 0 Å². The summed E-state index contributed by atoms with van der Waals surface area (Å²) in [5, 5.41) is 3.21. The number of carbonyl (C=O) groups is 1. The molecule has 0 radical (unpaired) electrons.